The molecule has 1 aliphatic rings. The van der Waals surface area contributed by atoms with E-state index < -0.39 is 10.0 Å². The average Bonchev–Trinajstić information content (AvgIpc) is 2.59. The smallest absolute Gasteiger partial charge is 0.254 e. The molecule has 0 saturated carbocycles. The van der Waals surface area contributed by atoms with Gasteiger partial charge in [-0.15, -0.1) is 0 Å². The summed E-state index contributed by atoms with van der Waals surface area (Å²) in [6.45, 7) is 5.63. The number of piperazine rings is 1. The monoisotopic (exact) mass is 353 g/mol. The molecule has 1 heterocycles. The predicted octanol–water partition coefficient (Wildman–Crippen LogP) is 0.679. The summed E-state index contributed by atoms with van der Waals surface area (Å²) in [6.07, 6.45) is 0.693. The third kappa shape index (κ3) is 4.33. The minimum atomic E-state index is -3.60. The van der Waals surface area contributed by atoms with E-state index in [-0.39, 0.29) is 16.7 Å². The number of carbonyl (C=O) groups is 2. The van der Waals surface area contributed by atoms with Crippen molar-refractivity contribution in [2.75, 3.05) is 32.7 Å². The first kappa shape index (κ1) is 18.4. The van der Waals surface area contributed by atoms with Gasteiger partial charge >= 0.3 is 0 Å². The van der Waals surface area contributed by atoms with Crippen LogP contribution in [0.3, 0.4) is 0 Å². The van der Waals surface area contributed by atoms with Gasteiger partial charge in [0.2, 0.25) is 15.9 Å². The van der Waals surface area contributed by atoms with E-state index in [9.17, 15) is 18.0 Å². The molecule has 2 rings (SSSR count). The predicted molar refractivity (Wildman–Crippen MR) is 90.1 cm³/mol. The van der Waals surface area contributed by atoms with Gasteiger partial charge in [-0.3, -0.25) is 9.59 Å². The number of nitrogens with one attached hydrogen (secondary N) is 1. The highest BCUT2D eigenvalue weighted by Gasteiger charge is 2.24. The Balaban J connectivity index is 2.11. The number of amides is 2. The van der Waals surface area contributed by atoms with Crippen LogP contribution in [0, 0.1) is 0 Å². The Hall–Kier alpha value is -1.93. The third-order valence-electron chi connectivity index (χ3n) is 3.95. The van der Waals surface area contributed by atoms with Gasteiger partial charge in [0.15, 0.2) is 0 Å². The van der Waals surface area contributed by atoms with Gasteiger partial charge in [-0.25, -0.2) is 13.1 Å². The molecule has 7 nitrogen and oxygen atoms in total. The zero-order valence-electron chi connectivity index (χ0n) is 14.0. The van der Waals surface area contributed by atoms with Gasteiger partial charge in [0.1, 0.15) is 0 Å². The molecule has 1 N–H and O–H groups in total. The van der Waals surface area contributed by atoms with Gasteiger partial charge in [-0.2, -0.15) is 0 Å². The Labute approximate surface area is 142 Å². The summed E-state index contributed by atoms with van der Waals surface area (Å²) in [5.74, 6) is -0.220. The highest BCUT2D eigenvalue weighted by molar-refractivity contribution is 7.89. The average molecular weight is 353 g/mol. The molecule has 24 heavy (non-hydrogen) atoms. The zero-order valence-corrected chi connectivity index (χ0v) is 14.8. The second-order valence-corrected chi connectivity index (χ2v) is 7.49. The number of hydrogen-bond acceptors (Lipinski definition) is 4. The summed E-state index contributed by atoms with van der Waals surface area (Å²) in [5, 5.41) is 0. The highest BCUT2D eigenvalue weighted by atomic mass is 32.2. The molecule has 8 heteroatoms. The number of hydrogen-bond donors (Lipinski definition) is 1. The van der Waals surface area contributed by atoms with Crippen LogP contribution in [0.25, 0.3) is 0 Å². The Morgan fingerprint density at radius 2 is 1.75 bits per heavy atom. The summed E-state index contributed by atoms with van der Waals surface area (Å²) in [5.41, 5.74) is 0.339. The maximum atomic E-state index is 12.6. The van der Waals surface area contributed by atoms with E-state index in [1.807, 2.05) is 6.92 Å². The normalized spacial score (nSPS) is 15.4. The molecule has 0 spiro atoms. The lowest BCUT2D eigenvalue weighted by Gasteiger charge is -2.34. The lowest BCUT2D eigenvalue weighted by molar-refractivity contribution is -0.130. The Bertz CT molecular complexity index is 710. The molecule has 1 fully saturated rings. The van der Waals surface area contributed by atoms with Crippen LogP contribution in [0.4, 0.5) is 0 Å². The third-order valence-corrected chi connectivity index (χ3v) is 5.40. The fraction of sp³-hybridized carbons (Fsp3) is 0.500. The summed E-state index contributed by atoms with van der Waals surface area (Å²) in [7, 11) is -3.60. The Morgan fingerprint density at radius 1 is 1.12 bits per heavy atom. The maximum Gasteiger partial charge on any atom is 0.254 e. The minimum Gasteiger partial charge on any atom is -0.339 e. The van der Waals surface area contributed by atoms with Gasteiger partial charge in [0.25, 0.3) is 5.91 Å². The Kier molecular flexibility index (Phi) is 5.95. The molecule has 0 bridgehead atoms. The van der Waals surface area contributed by atoms with Crippen molar-refractivity contribution >= 4 is 21.8 Å². The van der Waals surface area contributed by atoms with Crippen LogP contribution in [0.5, 0.6) is 0 Å². The molecule has 2 amide bonds. The van der Waals surface area contributed by atoms with Crippen LogP contribution < -0.4 is 4.72 Å². The molecule has 132 valence electrons. The summed E-state index contributed by atoms with van der Waals surface area (Å²) in [4.78, 5) is 27.3. The molecule has 1 aliphatic heterocycles. The highest BCUT2D eigenvalue weighted by Crippen LogP contribution is 2.14. The summed E-state index contributed by atoms with van der Waals surface area (Å²) in [6, 6.07) is 6.05. The van der Waals surface area contributed by atoms with Gasteiger partial charge in [0.05, 0.1) is 4.90 Å². The van der Waals surface area contributed by atoms with E-state index in [2.05, 4.69) is 4.72 Å². The molecule has 0 atom stereocenters. The van der Waals surface area contributed by atoms with Crippen LogP contribution in [-0.4, -0.2) is 62.8 Å². The lowest BCUT2D eigenvalue weighted by Crippen LogP contribution is -2.50. The number of rotatable bonds is 5. The molecule has 0 unspecified atom stereocenters. The first-order valence-corrected chi connectivity index (χ1v) is 9.48. The topological polar surface area (TPSA) is 86.8 Å². The van der Waals surface area contributed by atoms with Gasteiger partial charge in [0, 0.05) is 45.2 Å². The van der Waals surface area contributed by atoms with Crippen molar-refractivity contribution in [3.05, 3.63) is 29.8 Å². The first-order valence-electron chi connectivity index (χ1n) is 7.99. The quantitative estimate of drug-likeness (QED) is 0.843. The van der Waals surface area contributed by atoms with Crippen molar-refractivity contribution in [3.63, 3.8) is 0 Å². The molecular weight excluding hydrogens is 330 g/mol. The van der Waals surface area contributed by atoms with Crippen LogP contribution in [0.1, 0.15) is 30.6 Å². The van der Waals surface area contributed by atoms with Crippen LogP contribution >= 0.6 is 0 Å². The first-order chi connectivity index (χ1) is 11.3. The van der Waals surface area contributed by atoms with Crippen molar-refractivity contribution in [2.45, 2.75) is 25.2 Å². The largest absolute Gasteiger partial charge is 0.339 e. The fourth-order valence-corrected chi connectivity index (χ4v) is 3.70. The van der Waals surface area contributed by atoms with Gasteiger partial charge < -0.3 is 9.80 Å². The lowest BCUT2D eigenvalue weighted by atomic mass is 10.2. The molecular formula is C16H23N3O4S. The van der Waals surface area contributed by atoms with E-state index in [0.717, 1.165) is 0 Å². The van der Waals surface area contributed by atoms with E-state index in [0.29, 0.717) is 44.7 Å². The van der Waals surface area contributed by atoms with Crippen molar-refractivity contribution in [2.24, 2.45) is 0 Å². The van der Waals surface area contributed by atoms with E-state index in [1.54, 1.807) is 21.9 Å². The standard InChI is InChI=1S/C16H23N3O4S/c1-3-7-17-24(22,23)15-6-4-5-14(12-15)16(21)19-10-8-18(9-11-19)13(2)20/h4-6,12,17H,3,7-11H2,1-2H3. The van der Waals surface area contributed by atoms with Crippen LogP contribution in [-0.2, 0) is 14.8 Å². The van der Waals surface area contributed by atoms with Crippen molar-refractivity contribution in [1.29, 1.82) is 0 Å². The number of benzene rings is 1. The van der Waals surface area contributed by atoms with Gasteiger partial charge in [-0.05, 0) is 24.6 Å². The SMILES string of the molecule is CCCNS(=O)(=O)c1cccc(C(=O)N2CCN(C(C)=O)CC2)c1. The number of carbonyl (C=O) groups excluding carboxylic acids is 2. The molecule has 0 radical (unpaired) electrons. The Morgan fingerprint density at radius 3 is 2.33 bits per heavy atom. The second-order valence-electron chi connectivity index (χ2n) is 5.72. The van der Waals surface area contributed by atoms with E-state index in [4.69, 9.17) is 0 Å². The fourth-order valence-electron chi connectivity index (χ4n) is 2.52. The van der Waals surface area contributed by atoms with E-state index in [1.165, 1.54) is 19.1 Å². The molecule has 1 saturated heterocycles. The van der Waals surface area contributed by atoms with Gasteiger partial charge in [-0.1, -0.05) is 13.0 Å². The molecule has 1 aromatic rings. The second kappa shape index (κ2) is 7.76. The minimum absolute atomic E-state index is 0.00260. The van der Waals surface area contributed by atoms with Crippen molar-refractivity contribution in [3.8, 4) is 0 Å². The number of nitrogens with zero attached hydrogens (tertiary/aromatic N) is 2. The molecule has 0 aromatic heterocycles. The van der Waals surface area contributed by atoms with Crippen molar-refractivity contribution < 1.29 is 18.0 Å². The summed E-state index contributed by atoms with van der Waals surface area (Å²) >= 11 is 0. The number of sulfonamides is 1. The summed E-state index contributed by atoms with van der Waals surface area (Å²) < 4.78 is 26.9. The maximum absolute atomic E-state index is 12.6. The van der Waals surface area contributed by atoms with Crippen molar-refractivity contribution in [1.82, 2.24) is 14.5 Å². The zero-order chi connectivity index (χ0) is 17.7. The van der Waals surface area contributed by atoms with Crippen LogP contribution in [0.2, 0.25) is 0 Å². The molecule has 1 aromatic carbocycles. The van der Waals surface area contributed by atoms with E-state index >= 15 is 0 Å². The molecule has 0 aliphatic carbocycles. The van der Waals surface area contributed by atoms with Crippen LogP contribution in [0.15, 0.2) is 29.2 Å².